The number of aromatic nitrogens is 1. The molecule has 0 spiro atoms. The first-order chi connectivity index (χ1) is 8.65. The quantitative estimate of drug-likeness (QED) is 0.773. The fourth-order valence-electron chi connectivity index (χ4n) is 1.82. The van der Waals surface area contributed by atoms with Crippen LogP contribution < -0.4 is 0 Å². The molecule has 2 heterocycles. The van der Waals surface area contributed by atoms with E-state index in [1.54, 1.807) is 0 Å². The van der Waals surface area contributed by atoms with Crippen LogP contribution in [0.15, 0.2) is 35.8 Å². The van der Waals surface area contributed by atoms with E-state index in [0.717, 1.165) is 13.0 Å². The molecule has 0 aliphatic rings. The summed E-state index contributed by atoms with van der Waals surface area (Å²) in [4.78, 5) is 7.88. The molecule has 0 saturated carbocycles. The topological polar surface area (TPSA) is 16.1 Å². The second-order valence-electron chi connectivity index (χ2n) is 4.54. The molecule has 2 aromatic heterocycles. The minimum absolute atomic E-state index is 0.513. The van der Waals surface area contributed by atoms with Crippen molar-refractivity contribution in [3.05, 3.63) is 51.4 Å². The maximum Gasteiger partial charge on any atom is 0.129 e. The lowest BCUT2D eigenvalue weighted by atomic mass is 10.1. The summed E-state index contributed by atoms with van der Waals surface area (Å²) in [6, 6.07) is 8.69. The number of hydrogen-bond acceptors (Lipinski definition) is 3. The van der Waals surface area contributed by atoms with Gasteiger partial charge in [0.1, 0.15) is 5.15 Å². The average molecular weight is 281 g/mol. The standard InChI is InChI=1S/C14H17ClN2S/c1-11(8-13-4-3-7-18-13)17(2)10-12-5-6-14(15)16-9-12/h3-7,9,11H,8,10H2,1-2H3. The van der Waals surface area contributed by atoms with Crippen molar-refractivity contribution in [2.75, 3.05) is 7.05 Å². The summed E-state index contributed by atoms with van der Waals surface area (Å²) >= 11 is 7.60. The van der Waals surface area contributed by atoms with E-state index < -0.39 is 0 Å². The van der Waals surface area contributed by atoms with Crippen LogP contribution in [0.4, 0.5) is 0 Å². The van der Waals surface area contributed by atoms with Crippen LogP contribution in [0.1, 0.15) is 17.4 Å². The Hall–Kier alpha value is -0.900. The smallest absolute Gasteiger partial charge is 0.129 e. The lowest BCUT2D eigenvalue weighted by Gasteiger charge is -2.24. The van der Waals surface area contributed by atoms with Gasteiger partial charge in [-0.2, -0.15) is 0 Å². The van der Waals surface area contributed by atoms with Crippen LogP contribution in [-0.4, -0.2) is 23.0 Å². The molecule has 0 fully saturated rings. The normalized spacial score (nSPS) is 12.9. The molecule has 0 radical (unpaired) electrons. The Bertz CT molecular complexity index is 467. The molecule has 18 heavy (non-hydrogen) atoms. The number of halogens is 1. The van der Waals surface area contributed by atoms with Gasteiger partial charge in [-0.1, -0.05) is 23.7 Å². The summed E-state index contributed by atoms with van der Waals surface area (Å²) in [7, 11) is 2.15. The first kappa shape index (κ1) is 13.5. The van der Waals surface area contributed by atoms with Gasteiger partial charge in [0.25, 0.3) is 0 Å². The van der Waals surface area contributed by atoms with Crippen molar-refractivity contribution in [1.82, 2.24) is 9.88 Å². The van der Waals surface area contributed by atoms with Gasteiger partial charge in [-0.15, -0.1) is 11.3 Å². The number of hydrogen-bond donors (Lipinski definition) is 0. The van der Waals surface area contributed by atoms with E-state index in [-0.39, 0.29) is 0 Å². The molecule has 0 aliphatic carbocycles. The Labute approximate surface area is 117 Å². The highest BCUT2D eigenvalue weighted by Gasteiger charge is 2.11. The highest BCUT2D eigenvalue weighted by molar-refractivity contribution is 7.09. The van der Waals surface area contributed by atoms with Crippen molar-refractivity contribution in [2.45, 2.75) is 25.9 Å². The highest BCUT2D eigenvalue weighted by atomic mass is 35.5. The zero-order chi connectivity index (χ0) is 13.0. The second kappa shape index (κ2) is 6.32. The predicted octanol–water partition coefficient (Wildman–Crippen LogP) is 3.86. The second-order valence-corrected chi connectivity index (χ2v) is 5.96. The maximum absolute atomic E-state index is 5.78. The summed E-state index contributed by atoms with van der Waals surface area (Å²) in [5.41, 5.74) is 1.19. The minimum atomic E-state index is 0.513. The van der Waals surface area contributed by atoms with Crippen LogP contribution in [0.2, 0.25) is 5.15 Å². The van der Waals surface area contributed by atoms with Gasteiger partial charge in [0, 0.05) is 23.7 Å². The van der Waals surface area contributed by atoms with Crippen molar-refractivity contribution >= 4 is 22.9 Å². The molecular formula is C14H17ClN2S. The Morgan fingerprint density at radius 2 is 2.22 bits per heavy atom. The lowest BCUT2D eigenvalue weighted by molar-refractivity contribution is 0.249. The van der Waals surface area contributed by atoms with E-state index in [4.69, 9.17) is 11.6 Å². The van der Waals surface area contributed by atoms with Crippen molar-refractivity contribution in [3.63, 3.8) is 0 Å². The van der Waals surface area contributed by atoms with E-state index in [2.05, 4.69) is 41.4 Å². The first-order valence-corrected chi connectivity index (χ1v) is 7.24. The van der Waals surface area contributed by atoms with Crippen LogP contribution in [-0.2, 0) is 13.0 Å². The number of pyridine rings is 1. The van der Waals surface area contributed by atoms with E-state index in [1.165, 1.54) is 10.4 Å². The molecule has 0 aliphatic heterocycles. The van der Waals surface area contributed by atoms with Crippen LogP contribution in [0.3, 0.4) is 0 Å². The number of rotatable bonds is 5. The van der Waals surface area contributed by atoms with E-state index >= 15 is 0 Å². The van der Waals surface area contributed by atoms with Crippen molar-refractivity contribution in [2.24, 2.45) is 0 Å². The third-order valence-corrected chi connectivity index (χ3v) is 4.17. The van der Waals surface area contributed by atoms with Crippen molar-refractivity contribution in [1.29, 1.82) is 0 Å². The van der Waals surface area contributed by atoms with Gasteiger partial charge < -0.3 is 0 Å². The van der Waals surface area contributed by atoms with E-state index in [0.29, 0.717) is 11.2 Å². The number of likely N-dealkylation sites (N-methyl/N-ethyl adjacent to an activating group) is 1. The molecule has 0 aromatic carbocycles. The van der Waals surface area contributed by atoms with Crippen LogP contribution >= 0.6 is 22.9 Å². The molecule has 0 amide bonds. The summed E-state index contributed by atoms with van der Waals surface area (Å²) in [6.07, 6.45) is 2.94. The lowest BCUT2D eigenvalue weighted by Crippen LogP contribution is -2.30. The van der Waals surface area contributed by atoms with Gasteiger partial charge in [0.15, 0.2) is 0 Å². The SMILES string of the molecule is CC(Cc1cccs1)N(C)Cc1ccc(Cl)nc1. The summed E-state index contributed by atoms with van der Waals surface area (Å²) in [6.45, 7) is 3.15. The zero-order valence-corrected chi connectivity index (χ0v) is 12.2. The summed E-state index contributed by atoms with van der Waals surface area (Å²) in [5, 5.41) is 2.68. The average Bonchev–Trinajstić information content (AvgIpc) is 2.85. The fourth-order valence-corrected chi connectivity index (χ4v) is 2.76. The van der Waals surface area contributed by atoms with Gasteiger partial charge in [-0.25, -0.2) is 4.98 Å². The van der Waals surface area contributed by atoms with Crippen LogP contribution in [0.5, 0.6) is 0 Å². The summed E-state index contributed by atoms with van der Waals surface area (Å²) in [5.74, 6) is 0. The van der Waals surface area contributed by atoms with Gasteiger partial charge in [0.05, 0.1) is 0 Å². The molecule has 0 bridgehead atoms. The summed E-state index contributed by atoms with van der Waals surface area (Å²) < 4.78 is 0. The monoisotopic (exact) mass is 280 g/mol. The van der Waals surface area contributed by atoms with Crippen LogP contribution in [0, 0.1) is 0 Å². The number of nitrogens with zero attached hydrogens (tertiary/aromatic N) is 2. The fraction of sp³-hybridized carbons (Fsp3) is 0.357. The predicted molar refractivity (Wildman–Crippen MR) is 78.2 cm³/mol. The van der Waals surface area contributed by atoms with Crippen molar-refractivity contribution in [3.8, 4) is 0 Å². The van der Waals surface area contributed by atoms with Gasteiger partial charge in [0.2, 0.25) is 0 Å². The Kier molecular flexibility index (Phi) is 4.75. The van der Waals surface area contributed by atoms with Gasteiger partial charge in [-0.3, -0.25) is 4.90 Å². The third-order valence-electron chi connectivity index (χ3n) is 3.05. The third kappa shape index (κ3) is 3.80. The maximum atomic E-state index is 5.78. The molecule has 4 heteroatoms. The Morgan fingerprint density at radius 3 is 2.83 bits per heavy atom. The van der Waals surface area contributed by atoms with E-state index in [9.17, 15) is 0 Å². The molecule has 2 rings (SSSR count). The minimum Gasteiger partial charge on any atom is -0.299 e. The van der Waals surface area contributed by atoms with Gasteiger partial charge >= 0.3 is 0 Å². The Morgan fingerprint density at radius 1 is 1.39 bits per heavy atom. The molecule has 1 unspecified atom stereocenters. The highest BCUT2D eigenvalue weighted by Crippen LogP contribution is 2.15. The van der Waals surface area contributed by atoms with E-state index in [1.807, 2.05) is 29.7 Å². The molecule has 96 valence electrons. The molecule has 1 atom stereocenters. The molecule has 0 saturated heterocycles. The molecular weight excluding hydrogens is 264 g/mol. The molecule has 0 N–H and O–H groups in total. The van der Waals surface area contributed by atoms with Crippen molar-refractivity contribution < 1.29 is 0 Å². The largest absolute Gasteiger partial charge is 0.299 e. The Balaban J connectivity index is 1.90. The van der Waals surface area contributed by atoms with Gasteiger partial charge in [-0.05, 0) is 43.5 Å². The zero-order valence-electron chi connectivity index (χ0n) is 10.6. The molecule has 2 aromatic rings. The van der Waals surface area contributed by atoms with Crippen LogP contribution in [0.25, 0.3) is 0 Å². The first-order valence-electron chi connectivity index (χ1n) is 5.98. The number of thiophene rings is 1. The molecule has 2 nitrogen and oxygen atoms in total.